The topological polar surface area (TPSA) is 138 Å². The molecule has 3 rings (SSSR count). The Kier molecular flexibility index (Phi) is 7.61. The second kappa shape index (κ2) is 10.3. The lowest BCUT2D eigenvalue weighted by molar-refractivity contribution is -0.119. The van der Waals surface area contributed by atoms with Gasteiger partial charge in [0.15, 0.2) is 0 Å². The van der Waals surface area contributed by atoms with Crippen molar-refractivity contribution in [2.45, 2.75) is 24.8 Å². The van der Waals surface area contributed by atoms with Gasteiger partial charge in [-0.25, -0.2) is 13.2 Å². The first-order chi connectivity index (χ1) is 16.4. The van der Waals surface area contributed by atoms with E-state index in [1.807, 2.05) is 0 Å². The average molecular weight is 522 g/mol. The molecule has 3 aromatic rings. The fourth-order valence-corrected chi connectivity index (χ4v) is 4.72. The lowest BCUT2D eigenvalue weighted by Gasteiger charge is -2.21. The lowest BCUT2D eigenvalue weighted by atomic mass is 10.2. The summed E-state index contributed by atoms with van der Waals surface area (Å²) >= 11 is 6.30. The third-order valence-corrected chi connectivity index (χ3v) is 7.07. The van der Waals surface area contributed by atoms with Crippen LogP contribution in [-0.2, 0) is 14.8 Å². The number of benzene rings is 2. The number of methoxy groups -OCH3 is 1. The Labute approximate surface area is 207 Å². The first-order valence-corrected chi connectivity index (χ1v) is 12.1. The van der Waals surface area contributed by atoms with Crippen LogP contribution in [0.5, 0.6) is 5.75 Å². The zero-order valence-electron chi connectivity index (χ0n) is 19.3. The molecule has 0 unspecified atom stereocenters. The molecule has 0 spiro atoms. The van der Waals surface area contributed by atoms with Crippen molar-refractivity contribution in [1.29, 1.82) is 0 Å². The third kappa shape index (κ3) is 5.87. The number of aryl methyl sites for hydroxylation is 1. The number of nitrogens with zero attached hydrogens (tertiary/aromatic N) is 1. The molecule has 12 heteroatoms. The highest BCUT2D eigenvalue weighted by atomic mass is 35.5. The van der Waals surface area contributed by atoms with E-state index < -0.39 is 28.1 Å². The maximum absolute atomic E-state index is 13.1. The van der Waals surface area contributed by atoms with E-state index in [4.69, 9.17) is 25.9 Å². The molecule has 35 heavy (non-hydrogen) atoms. The van der Waals surface area contributed by atoms with Crippen LogP contribution in [0.15, 0.2) is 57.8 Å². The van der Waals surface area contributed by atoms with Crippen LogP contribution in [0.2, 0.25) is 5.02 Å². The Morgan fingerprint density at radius 1 is 1.14 bits per heavy atom. The van der Waals surface area contributed by atoms with E-state index >= 15 is 0 Å². The molecule has 0 aliphatic heterocycles. The van der Waals surface area contributed by atoms with Gasteiger partial charge in [0.1, 0.15) is 28.2 Å². The number of hydrogen-bond donors (Lipinski definition) is 3. The summed E-state index contributed by atoms with van der Waals surface area (Å²) in [6.45, 7) is 3.22. The third-order valence-electron chi connectivity index (χ3n) is 5.22. The van der Waals surface area contributed by atoms with Gasteiger partial charge in [0.25, 0.3) is 10.0 Å². The summed E-state index contributed by atoms with van der Waals surface area (Å²) in [6, 6.07) is 11.3. The molecule has 0 saturated heterocycles. The second-order valence-corrected chi connectivity index (χ2v) is 9.69. The van der Waals surface area contributed by atoms with E-state index in [2.05, 4.69) is 10.0 Å². The molecule has 0 bridgehead atoms. The smallest absolute Gasteiger partial charge is 0.407 e. The minimum Gasteiger partial charge on any atom is -0.495 e. The van der Waals surface area contributed by atoms with Crippen molar-refractivity contribution in [2.24, 2.45) is 0 Å². The molecule has 1 heterocycles. The minimum absolute atomic E-state index is 0.0157. The fraction of sp³-hybridized carbons (Fsp3) is 0.217. The van der Waals surface area contributed by atoms with E-state index in [1.165, 1.54) is 51.4 Å². The van der Waals surface area contributed by atoms with Crippen molar-refractivity contribution in [3.63, 3.8) is 0 Å². The predicted octanol–water partition coefficient (Wildman–Crippen LogP) is 4.65. The Morgan fingerprint density at radius 3 is 2.43 bits per heavy atom. The highest BCUT2D eigenvalue weighted by Crippen LogP contribution is 2.33. The molecular formula is C23H24ClN3O7S. The van der Waals surface area contributed by atoms with Crippen molar-refractivity contribution in [2.75, 3.05) is 24.2 Å². The molecule has 1 aromatic heterocycles. The van der Waals surface area contributed by atoms with Crippen molar-refractivity contribution >= 4 is 45.0 Å². The molecule has 186 valence electrons. The van der Waals surface area contributed by atoms with Crippen molar-refractivity contribution < 1.29 is 32.3 Å². The summed E-state index contributed by atoms with van der Waals surface area (Å²) < 4.78 is 39.5. The molecular weight excluding hydrogens is 498 g/mol. The van der Waals surface area contributed by atoms with Gasteiger partial charge in [0, 0.05) is 18.3 Å². The second-order valence-electron chi connectivity index (χ2n) is 7.63. The summed E-state index contributed by atoms with van der Waals surface area (Å²) in [5, 5.41) is 11.6. The first kappa shape index (κ1) is 25.9. The fourth-order valence-electron chi connectivity index (χ4n) is 3.12. The number of nitrogens with one attached hydrogen (secondary N) is 2. The van der Waals surface area contributed by atoms with Gasteiger partial charge in [-0.3, -0.25) is 14.4 Å². The lowest BCUT2D eigenvalue weighted by Crippen LogP contribution is -2.42. The Morgan fingerprint density at radius 2 is 1.86 bits per heavy atom. The van der Waals surface area contributed by atoms with Crippen LogP contribution in [0.3, 0.4) is 0 Å². The Bertz CT molecular complexity index is 1370. The van der Waals surface area contributed by atoms with Gasteiger partial charge < -0.3 is 19.6 Å². The number of carbonyl (C=O) groups is 2. The Balaban J connectivity index is 1.87. The average Bonchev–Trinajstić information content (AvgIpc) is 3.24. The molecule has 2 aromatic carbocycles. The molecule has 10 nitrogen and oxygen atoms in total. The van der Waals surface area contributed by atoms with E-state index in [-0.39, 0.29) is 27.0 Å². The van der Waals surface area contributed by atoms with Crippen molar-refractivity contribution in [3.8, 4) is 17.1 Å². The largest absolute Gasteiger partial charge is 0.495 e. The van der Waals surface area contributed by atoms with Crippen LogP contribution in [0.1, 0.15) is 12.7 Å². The zero-order valence-corrected chi connectivity index (χ0v) is 20.9. The Hall–Kier alpha value is -3.70. The molecule has 3 N–H and O–H groups in total. The molecule has 0 aliphatic carbocycles. The summed E-state index contributed by atoms with van der Waals surface area (Å²) in [5.74, 6) is 0.855. The number of furan rings is 1. The molecule has 0 aliphatic rings. The number of carbonyl (C=O) groups excluding carboxylic acids is 1. The molecule has 0 radical (unpaired) electrons. The van der Waals surface area contributed by atoms with Gasteiger partial charge >= 0.3 is 6.09 Å². The van der Waals surface area contributed by atoms with Gasteiger partial charge in [-0.1, -0.05) is 11.6 Å². The molecule has 2 amide bonds. The molecule has 1 atom stereocenters. The zero-order chi connectivity index (χ0) is 25.9. The van der Waals surface area contributed by atoms with Crippen LogP contribution < -0.4 is 14.8 Å². The van der Waals surface area contributed by atoms with Crippen LogP contribution in [-0.4, -0.2) is 50.6 Å². The summed E-state index contributed by atoms with van der Waals surface area (Å²) in [7, 11) is -1.52. The number of anilines is 2. The maximum atomic E-state index is 13.1. The maximum Gasteiger partial charge on any atom is 0.407 e. The van der Waals surface area contributed by atoms with E-state index in [0.717, 1.165) is 4.90 Å². The molecule has 0 saturated carbocycles. The van der Waals surface area contributed by atoms with Crippen LogP contribution in [0, 0.1) is 6.92 Å². The van der Waals surface area contributed by atoms with Gasteiger partial charge in [0.05, 0.1) is 17.8 Å². The number of amides is 2. The standard InChI is InChI=1S/C23H24ClN3O7S/c1-13-5-8-19(34-13)15-6-10-21(17(24)11-15)35(31,32)26-18-12-16(7-9-20(18)33-4)25-22(28)14(2)27(3)23(29)30/h5-12,14,26H,1-4H3,(H,25,28)(H,29,30)/t14-/m1/s1. The number of likely N-dealkylation sites (N-methyl/N-ethyl adjacent to an activating group) is 1. The number of rotatable bonds is 8. The summed E-state index contributed by atoms with van der Waals surface area (Å²) in [4.78, 5) is 24.2. The van der Waals surface area contributed by atoms with Gasteiger partial charge in [-0.2, -0.15) is 0 Å². The van der Waals surface area contributed by atoms with Crippen molar-refractivity contribution in [3.05, 3.63) is 59.3 Å². The van der Waals surface area contributed by atoms with E-state index in [0.29, 0.717) is 17.1 Å². The minimum atomic E-state index is -4.15. The monoisotopic (exact) mass is 521 g/mol. The van der Waals surface area contributed by atoms with Gasteiger partial charge in [0.2, 0.25) is 5.91 Å². The normalized spacial score (nSPS) is 12.0. The quantitative estimate of drug-likeness (QED) is 0.392. The highest BCUT2D eigenvalue weighted by Gasteiger charge is 2.24. The van der Waals surface area contributed by atoms with Gasteiger partial charge in [-0.05, 0) is 62.4 Å². The number of halogens is 1. The number of hydrogen-bond acceptors (Lipinski definition) is 6. The van der Waals surface area contributed by atoms with Crippen LogP contribution >= 0.6 is 11.6 Å². The van der Waals surface area contributed by atoms with Crippen LogP contribution in [0.4, 0.5) is 16.2 Å². The SMILES string of the molecule is COc1ccc(NC(=O)[C@@H](C)N(C)C(=O)O)cc1NS(=O)(=O)c1ccc(-c2ccc(C)o2)cc1Cl. The highest BCUT2D eigenvalue weighted by molar-refractivity contribution is 7.92. The number of ether oxygens (including phenoxy) is 1. The molecule has 0 fully saturated rings. The van der Waals surface area contributed by atoms with E-state index in [1.54, 1.807) is 25.1 Å². The summed E-state index contributed by atoms with van der Waals surface area (Å²) in [6.07, 6.45) is -1.26. The number of sulfonamides is 1. The first-order valence-electron chi connectivity index (χ1n) is 10.3. The van der Waals surface area contributed by atoms with E-state index in [9.17, 15) is 18.0 Å². The van der Waals surface area contributed by atoms with Crippen molar-refractivity contribution in [1.82, 2.24) is 4.90 Å². The van der Waals surface area contributed by atoms with Crippen LogP contribution in [0.25, 0.3) is 11.3 Å². The summed E-state index contributed by atoms with van der Waals surface area (Å²) in [5.41, 5.74) is 0.893. The predicted molar refractivity (Wildman–Crippen MR) is 132 cm³/mol. The van der Waals surface area contributed by atoms with Gasteiger partial charge in [-0.15, -0.1) is 0 Å². The number of carboxylic acid groups (broad SMARTS) is 1.